The number of phenolic OH excluding ortho intramolecular Hbond substituents is 1. The lowest BCUT2D eigenvalue weighted by atomic mass is 9.94. The van der Waals surface area contributed by atoms with E-state index in [2.05, 4.69) is 0 Å². The molecular weight excluding hydrogens is 494 g/mol. The van der Waals surface area contributed by atoms with Gasteiger partial charge in [0.1, 0.15) is 11.5 Å². The molecule has 1 atom stereocenters. The molecule has 198 valence electrons. The third-order valence-corrected chi connectivity index (χ3v) is 6.57. The monoisotopic (exact) mass is 523 g/mol. The minimum Gasteiger partial charge on any atom is -0.507 e. The molecule has 39 heavy (non-hydrogen) atoms. The molecule has 7 heteroatoms. The SMILES string of the molecule is CCOc1cc(C2/C(=C(\O)c3ccc(OC(C)C)cc3)C(=O)C(=O)N2c2cccc3ccccc23)ccc1O. The van der Waals surface area contributed by atoms with Crippen LogP contribution in [-0.2, 0) is 9.59 Å². The molecular formula is C32H29NO6. The summed E-state index contributed by atoms with van der Waals surface area (Å²) in [7, 11) is 0. The Labute approximate surface area is 226 Å². The molecule has 0 aliphatic carbocycles. The highest BCUT2D eigenvalue weighted by Gasteiger charge is 2.47. The topological polar surface area (TPSA) is 96.3 Å². The van der Waals surface area contributed by atoms with Gasteiger partial charge in [-0.05, 0) is 74.2 Å². The summed E-state index contributed by atoms with van der Waals surface area (Å²) < 4.78 is 11.3. The number of nitrogens with zero attached hydrogens (tertiary/aromatic N) is 1. The van der Waals surface area contributed by atoms with Crippen LogP contribution in [0.2, 0.25) is 0 Å². The van der Waals surface area contributed by atoms with Crippen molar-refractivity contribution in [3.05, 3.63) is 102 Å². The number of rotatable bonds is 7. The molecule has 1 unspecified atom stereocenters. The van der Waals surface area contributed by atoms with Crippen molar-refractivity contribution in [1.29, 1.82) is 0 Å². The number of hydrogen-bond donors (Lipinski definition) is 2. The summed E-state index contributed by atoms with van der Waals surface area (Å²) in [4.78, 5) is 28.7. The normalized spacial score (nSPS) is 16.7. The molecule has 2 N–H and O–H groups in total. The van der Waals surface area contributed by atoms with Crippen molar-refractivity contribution in [2.24, 2.45) is 0 Å². The fraction of sp³-hybridized carbons (Fsp3) is 0.188. The number of aromatic hydroxyl groups is 1. The lowest BCUT2D eigenvalue weighted by molar-refractivity contribution is -0.132. The van der Waals surface area contributed by atoms with E-state index < -0.39 is 17.7 Å². The van der Waals surface area contributed by atoms with Crippen molar-refractivity contribution < 1.29 is 29.3 Å². The number of aliphatic hydroxyl groups excluding tert-OH is 1. The summed E-state index contributed by atoms with van der Waals surface area (Å²) in [6.45, 7) is 5.93. The highest BCUT2D eigenvalue weighted by molar-refractivity contribution is 6.52. The van der Waals surface area contributed by atoms with Crippen LogP contribution in [-0.4, -0.2) is 34.6 Å². The van der Waals surface area contributed by atoms with Crippen molar-refractivity contribution in [2.75, 3.05) is 11.5 Å². The number of ketones is 1. The molecule has 0 radical (unpaired) electrons. The Balaban J connectivity index is 1.72. The summed E-state index contributed by atoms with van der Waals surface area (Å²) in [6, 6.07) is 23.5. The number of amides is 1. The highest BCUT2D eigenvalue weighted by atomic mass is 16.5. The van der Waals surface area contributed by atoms with E-state index in [0.29, 0.717) is 29.2 Å². The molecule has 4 aromatic carbocycles. The van der Waals surface area contributed by atoms with Gasteiger partial charge in [0.25, 0.3) is 11.7 Å². The predicted octanol–water partition coefficient (Wildman–Crippen LogP) is 6.36. The molecule has 1 fully saturated rings. The Morgan fingerprint density at radius 1 is 0.949 bits per heavy atom. The summed E-state index contributed by atoms with van der Waals surface area (Å²) in [5, 5.41) is 23.5. The number of phenols is 1. The van der Waals surface area contributed by atoms with Gasteiger partial charge >= 0.3 is 0 Å². The number of aliphatic hydroxyl groups is 1. The molecule has 0 aromatic heterocycles. The van der Waals surface area contributed by atoms with Crippen molar-refractivity contribution in [3.63, 3.8) is 0 Å². The summed E-state index contributed by atoms with van der Waals surface area (Å²) in [5.41, 5.74) is 1.35. The van der Waals surface area contributed by atoms with Crippen LogP contribution in [0.3, 0.4) is 0 Å². The van der Waals surface area contributed by atoms with Crippen molar-refractivity contribution in [3.8, 4) is 17.2 Å². The van der Waals surface area contributed by atoms with Crippen LogP contribution in [0.15, 0.2) is 90.5 Å². The second kappa shape index (κ2) is 10.5. The quantitative estimate of drug-likeness (QED) is 0.166. The molecule has 1 aliphatic heterocycles. The molecule has 0 saturated carbocycles. The number of benzene rings is 4. The van der Waals surface area contributed by atoms with Crippen LogP contribution in [0.1, 0.15) is 37.9 Å². The third-order valence-electron chi connectivity index (χ3n) is 6.57. The van der Waals surface area contributed by atoms with Crippen LogP contribution >= 0.6 is 0 Å². The molecule has 1 heterocycles. The van der Waals surface area contributed by atoms with E-state index in [0.717, 1.165) is 10.8 Å². The van der Waals surface area contributed by atoms with Gasteiger partial charge in [-0.3, -0.25) is 14.5 Å². The van der Waals surface area contributed by atoms with Gasteiger partial charge in [-0.2, -0.15) is 0 Å². The zero-order chi connectivity index (χ0) is 27.7. The molecule has 1 amide bonds. The maximum atomic E-state index is 13.7. The maximum Gasteiger partial charge on any atom is 0.300 e. The van der Waals surface area contributed by atoms with Crippen LogP contribution in [0.4, 0.5) is 5.69 Å². The standard InChI is InChI=1S/C32H29NO6/c1-4-38-27-18-22(14-17-26(27)34)29-28(30(35)21-12-15-23(16-13-21)39-19(2)3)31(36)32(37)33(29)25-11-7-9-20-8-5-6-10-24(20)25/h5-19,29,34-35H,4H2,1-3H3/b30-28+. The number of Topliss-reactive ketones (excluding diaryl/α,β-unsaturated/α-hetero) is 1. The molecule has 4 aromatic rings. The lowest BCUT2D eigenvalue weighted by Crippen LogP contribution is -2.29. The van der Waals surface area contributed by atoms with Crippen LogP contribution in [0, 0.1) is 0 Å². The number of anilines is 1. The molecule has 0 bridgehead atoms. The van der Waals surface area contributed by atoms with Crippen molar-refractivity contribution in [2.45, 2.75) is 32.9 Å². The Morgan fingerprint density at radius 2 is 1.67 bits per heavy atom. The van der Waals surface area contributed by atoms with Crippen LogP contribution < -0.4 is 14.4 Å². The molecule has 0 spiro atoms. The van der Waals surface area contributed by atoms with Crippen LogP contribution in [0.5, 0.6) is 17.2 Å². The van der Waals surface area contributed by atoms with Gasteiger partial charge in [0.15, 0.2) is 11.5 Å². The Morgan fingerprint density at radius 3 is 2.38 bits per heavy atom. The Hall–Kier alpha value is -4.78. The average molecular weight is 524 g/mol. The lowest BCUT2D eigenvalue weighted by Gasteiger charge is -2.27. The van der Waals surface area contributed by atoms with Gasteiger partial charge in [-0.1, -0.05) is 42.5 Å². The van der Waals surface area contributed by atoms with Gasteiger partial charge < -0.3 is 19.7 Å². The van der Waals surface area contributed by atoms with Gasteiger partial charge in [0, 0.05) is 10.9 Å². The number of hydrogen-bond acceptors (Lipinski definition) is 6. The second-order valence-corrected chi connectivity index (χ2v) is 9.52. The van der Waals surface area contributed by atoms with E-state index in [1.807, 2.05) is 50.2 Å². The smallest absolute Gasteiger partial charge is 0.300 e. The van der Waals surface area contributed by atoms with Crippen molar-refractivity contribution >= 4 is 33.9 Å². The summed E-state index contributed by atoms with van der Waals surface area (Å²) in [6.07, 6.45) is -0.0236. The third kappa shape index (κ3) is 4.79. The number of fused-ring (bicyclic) bond motifs is 1. The number of carbonyl (C=O) groups excluding carboxylic acids is 2. The van der Waals surface area contributed by atoms with Crippen LogP contribution in [0.25, 0.3) is 16.5 Å². The van der Waals surface area contributed by atoms with E-state index >= 15 is 0 Å². The Bertz CT molecular complexity index is 1580. The maximum absolute atomic E-state index is 13.7. The molecule has 5 rings (SSSR count). The number of ether oxygens (including phenoxy) is 2. The van der Waals surface area contributed by atoms with E-state index in [1.165, 1.54) is 11.0 Å². The fourth-order valence-electron chi connectivity index (χ4n) is 4.91. The molecule has 7 nitrogen and oxygen atoms in total. The minimum atomic E-state index is -0.970. The van der Waals surface area contributed by atoms with E-state index in [1.54, 1.807) is 49.4 Å². The Kier molecular flexibility index (Phi) is 6.98. The number of carbonyl (C=O) groups is 2. The van der Waals surface area contributed by atoms with Gasteiger partial charge in [0.05, 0.1) is 30.0 Å². The zero-order valence-electron chi connectivity index (χ0n) is 21.9. The summed E-state index contributed by atoms with van der Waals surface area (Å²) in [5.74, 6) is -1.10. The highest BCUT2D eigenvalue weighted by Crippen LogP contribution is 2.45. The second-order valence-electron chi connectivity index (χ2n) is 9.52. The molecule has 1 saturated heterocycles. The van der Waals surface area contributed by atoms with E-state index in [-0.39, 0.29) is 28.9 Å². The first-order valence-electron chi connectivity index (χ1n) is 12.8. The largest absolute Gasteiger partial charge is 0.507 e. The minimum absolute atomic E-state index is 0.0236. The molecule has 1 aliphatic rings. The first-order valence-corrected chi connectivity index (χ1v) is 12.8. The van der Waals surface area contributed by atoms with Gasteiger partial charge in [-0.25, -0.2) is 0 Å². The summed E-state index contributed by atoms with van der Waals surface area (Å²) >= 11 is 0. The van der Waals surface area contributed by atoms with Gasteiger partial charge in [-0.15, -0.1) is 0 Å². The van der Waals surface area contributed by atoms with E-state index in [4.69, 9.17) is 9.47 Å². The van der Waals surface area contributed by atoms with E-state index in [9.17, 15) is 19.8 Å². The average Bonchev–Trinajstić information content (AvgIpc) is 3.19. The zero-order valence-corrected chi connectivity index (χ0v) is 21.9. The fourth-order valence-corrected chi connectivity index (χ4v) is 4.91. The predicted molar refractivity (Wildman–Crippen MR) is 150 cm³/mol. The first-order chi connectivity index (χ1) is 18.8. The van der Waals surface area contributed by atoms with Crippen molar-refractivity contribution in [1.82, 2.24) is 0 Å². The first kappa shape index (κ1) is 25.9. The van der Waals surface area contributed by atoms with Gasteiger partial charge in [0.2, 0.25) is 0 Å².